The normalized spacial score (nSPS) is 21.7. The van der Waals surface area contributed by atoms with Gasteiger partial charge in [-0.2, -0.15) is 0 Å². The minimum absolute atomic E-state index is 0.0959. The molecule has 0 spiro atoms. The van der Waals surface area contributed by atoms with Crippen molar-refractivity contribution in [3.63, 3.8) is 0 Å². The highest BCUT2D eigenvalue weighted by molar-refractivity contribution is 5.78. The molecule has 2 N–H and O–H groups in total. The standard InChI is InChI=1S/C21H33N3O2/c1-17(2)15-24-14-6-12-22-20(25)10-9-19(11-13-23-21(26)16-24)18-7-4-3-5-8-18/h3-5,7-8,17,19H,6,9-16H2,1-2H3,(H,22,25)(H,23,26). The molecule has 1 aliphatic rings. The lowest BCUT2D eigenvalue weighted by atomic mass is 9.91. The van der Waals surface area contributed by atoms with Crippen molar-refractivity contribution in [2.75, 3.05) is 32.7 Å². The minimum Gasteiger partial charge on any atom is -0.356 e. The Morgan fingerprint density at radius 1 is 1.04 bits per heavy atom. The third-order valence-corrected chi connectivity index (χ3v) is 4.77. The fourth-order valence-corrected chi connectivity index (χ4v) is 3.52. The molecule has 0 saturated carbocycles. The van der Waals surface area contributed by atoms with Gasteiger partial charge in [0.1, 0.15) is 0 Å². The second-order valence-electron chi connectivity index (χ2n) is 7.62. The summed E-state index contributed by atoms with van der Waals surface area (Å²) in [4.78, 5) is 26.7. The maximum absolute atomic E-state index is 12.3. The number of hydrogen-bond donors (Lipinski definition) is 2. The molecule has 1 fully saturated rings. The Kier molecular flexibility index (Phi) is 8.62. The Bertz CT molecular complexity index is 560. The van der Waals surface area contributed by atoms with Crippen molar-refractivity contribution in [3.8, 4) is 0 Å². The largest absolute Gasteiger partial charge is 0.356 e. The number of amides is 2. The van der Waals surface area contributed by atoms with E-state index in [9.17, 15) is 9.59 Å². The fraction of sp³-hybridized carbons (Fsp3) is 0.619. The second kappa shape index (κ2) is 11.0. The third kappa shape index (κ3) is 7.56. The molecule has 2 amide bonds. The first-order chi connectivity index (χ1) is 12.5. The Hall–Kier alpha value is -1.88. The van der Waals surface area contributed by atoms with Gasteiger partial charge in [0.2, 0.25) is 11.8 Å². The minimum atomic E-state index is 0.0959. The van der Waals surface area contributed by atoms with Crippen LogP contribution in [0.4, 0.5) is 0 Å². The summed E-state index contributed by atoms with van der Waals surface area (Å²) >= 11 is 0. The average molecular weight is 360 g/mol. The van der Waals surface area contributed by atoms with E-state index in [1.54, 1.807) is 0 Å². The van der Waals surface area contributed by atoms with E-state index in [2.05, 4.69) is 41.5 Å². The highest BCUT2D eigenvalue weighted by atomic mass is 16.2. The van der Waals surface area contributed by atoms with Gasteiger partial charge in [0.05, 0.1) is 6.54 Å². The van der Waals surface area contributed by atoms with Gasteiger partial charge in [-0.15, -0.1) is 0 Å². The smallest absolute Gasteiger partial charge is 0.234 e. The molecule has 1 aromatic rings. The van der Waals surface area contributed by atoms with Gasteiger partial charge in [0, 0.05) is 32.6 Å². The number of rotatable bonds is 3. The van der Waals surface area contributed by atoms with Crippen molar-refractivity contribution in [3.05, 3.63) is 35.9 Å². The number of nitrogens with one attached hydrogen (secondary N) is 2. The van der Waals surface area contributed by atoms with Gasteiger partial charge >= 0.3 is 0 Å². The number of benzene rings is 1. The summed E-state index contributed by atoms with van der Waals surface area (Å²) in [5.41, 5.74) is 1.24. The number of carbonyl (C=O) groups is 2. The SMILES string of the molecule is CC(C)CN1CCCNC(=O)CCC(c2ccccc2)CCNC(=O)C1. The van der Waals surface area contributed by atoms with Crippen molar-refractivity contribution in [2.45, 2.75) is 45.4 Å². The Labute approximate surface area is 157 Å². The molecule has 1 aliphatic heterocycles. The molecule has 5 heteroatoms. The summed E-state index contributed by atoms with van der Waals surface area (Å²) in [7, 11) is 0. The lowest BCUT2D eigenvalue weighted by molar-refractivity contribution is -0.123. The fourth-order valence-electron chi connectivity index (χ4n) is 3.52. The van der Waals surface area contributed by atoms with Crippen LogP contribution in [-0.2, 0) is 9.59 Å². The van der Waals surface area contributed by atoms with Crippen molar-refractivity contribution < 1.29 is 9.59 Å². The highest BCUT2D eigenvalue weighted by Gasteiger charge is 2.16. The predicted octanol–water partition coefficient (Wildman–Crippen LogP) is 2.53. The van der Waals surface area contributed by atoms with E-state index in [4.69, 9.17) is 0 Å². The van der Waals surface area contributed by atoms with Crippen LogP contribution < -0.4 is 10.6 Å². The first kappa shape index (κ1) is 20.4. The molecule has 1 atom stereocenters. The predicted molar refractivity (Wildman–Crippen MR) is 105 cm³/mol. The maximum atomic E-state index is 12.3. The van der Waals surface area contributed by atoms with Crippen LogP contribution in [0.2, 0.25) is 0 Å². The lowest BCUT2D eigenvalue weighted by Crippen LogP contribution is -2.41. The van der Waals surface area contributed by atoms with Gasteiger partial charge in [-0.25, -0.2) is 0 Å². The molecule has 5 nitrogen and oxygen atoms in total. The molecule has 2 rings (SSSR count). The first-order valence-electron chi connectivity index (χ1n) is 9.85. The van der Waals surface area contributed by atoms with Gasteiger partial charge in [0.25, 0.3) is 0 Å². The quantitative estimate of drug-likeness (QED) is 0.872. The van der Waals surface area contributed by atoms with Crippen LogP contribution in [0.1, 0.15) is 51.0 Å². The van der Waals surface area contributed by atoms with Crippen LogP contribution in [0.3, 0.4) is 0 Å². The van der Waals surface area contributed by atoms with Crippen molar-refractivity contribution >= 4 is 11.8 Å². The molecule has 1 unspecified atom stereocenters. The van der Waals surface area contributed by atoms with E-state index in [1.807, 2.05) is 18.2 Å². The molecule has 1 aromatic carbocycles. The van der Waals surface area contributed by atoms with Crippen LogP contribution >= 0.6 is 0 Å². The summed E-state index contributed by atoms with van der Waals surface area (Å²) in [6, 6.07) is 10.3. The number of nitrogens with zero attached hydrogens (tertiary/aromatic N) is 1. The van der Waals surface area contributed by atoms with E-state index in [0.29, 0.717) is 32.0 Å². The molecular weight excluding hydrogens is 326 g/mol. The molecular formula is C21H33N3O2. The summed E-state index contributed by atoms with van der Waals surface area (Å²) in [6.07, 6.45) is 3.06. The van der Waals surface area contributed by atoms with E-state index in [0.717, 1.165) is 32.4 Å². The first-order valence-corrected chi connectivity index (χ1v) is 9.85. The Balaban J connectivity index is 2.00. The monoisotopic (exact) mass is 359 g/mol. The maximum Gasteiger partial charge on any atom is 0.234 e. The molecule has 26 heavy (non-hydrogen) atoms. The highest BCUT2D eigenvalue weighted by Crippen LogP contribution is 2.24. The molecule has 1 saturated heterocycles. The lowest BCUT2D eigenvalue weighted by Gasteiger charge is -2.25. The van der Waals surface area contributed by atoms with Crippen LogP contribution in [0.5, 0.6) is 0 Å². The van der Waals surface area contributed by atoms with Crippen molar-refractivity contribution in [2.24, 2.45) is 5.92 Å². The number of hydrogen-bond acceptors (Lipinski definition) is 3. The summed E-state index contributed by atoms with van der Waals surface area (Å²) in [6.45, 7) is 7.81. The summed E-state index contributed by atoms with van der Waals surface area (Å²) in [5, 5.41) is 6.10. The van der Waals surface area contributed by atoms with Gasteiger partial charge in [-0.1, -0.05) is 44.2 Å². The summed E-state index contributed by atoms with van der Waals surface area (Å²) < 4.78 is 0. The molecule has 0 aliphatic carbocycles. The average Bonchev–Trinajstić information content (AvgIpc) is 2.61. The number of carbonyl (C=O) groups excluding carboxylic acids is 2. The Morgan fingerprint density at radius 2 is 1.77 bits per heavy atom. The summed E-state index contributed by atoms with van der Waals surface area (Å²) in [5.74, 6) is 1.02. The van der Waals surface area contributed by atoms with Crippen LogP contribution in [0.15, 0.2) is 30.3 Å². The topological polar surface area (TPSA) is 61.4 Å². The second-order valence-corrected chi connectivity index (χ2v) is 7.62. The van der Waals surface area contributed by atoms with E-state index in [-0.39, 0.29) is 17.7 Å². The van der Waals surface area contributed by atoms with Crippen LogP contribution in [0, 0.1) is 5.92 Å². The van der Waals surface area contributed by atoms with E-state index >= 15 is 0 Å². The Morgan fingerprint density at radius 3 is 2.50 bits per heavy atom. The zero-order valence-electron chi connectivity index (χ0n) is 16.2. The zero-order valence-corrected chi connectivity index (χ0v) is 16.2. The molecule has 144 valence electrons. The third-order valence-electron chi connectivity index (χ3n) is 4.77. The van der Waals surface area contributed by atoms with Crippen LogP contribution in [0.25, 0.3) is 0 Å². The van der Waals surface area contributed by atoms with Crippen LogP contribution in [-0.4, -0.2) is 49.4 Å². The van der Waals surface area contributed by atoms with E-state index in [1.165, 1.54) is 5.56 Å². The van der Waals surface area contributed by atoms with E-state index < -0.39 is 0 Å². The van der Waals surface area contributed by atoms with Crippen molar-refractivity contribution in [1.29, 1.82) is 0 Å². The van der Waals surface area contributed by atoms with Gasteiger partial charge in [-0.3, -0.25) is 14.5 Å². The van der Waals surface area contributed by atoms with Crippen molar-refractivity contribution in [1.82, 2.24) is 15.5 Å². The molecule has 0 radical (unpaired) electrons. The van der Waals surface area contributed by atoms with Gasteiger partial charge in [-0.05, 0) is 36.7 Å². The molecule has 1 heterocycles. The molecule has 0 bridgehead atoms. The zero-order chi connectivity index (χ0) is 18.8. The van der Waals surface area contributed by atoms with Gasteiger partial charge in [0.15, 0.2) is 0 Å². The molecule has 0 aromatic heterocycles. The van der Waals surface area contributed by atoms with Gasteiger partial charge < -0.3 is 10.6 Å².